The molecule has 1 heterocycles. The molecule has 0 aromatic carbocycles. The maximum absolute atomic E-state index is 14.9. The van der Waals surface area contributed by atoms with Crippen LogP contribution in [0.3, 0.4) is 0 Å². The number of ketones is 1. The third kappa shape index (κ3) is 14.2. The zero-order chi connectivity index (χ0) is 39.3. The molecule has 1 aromatic rings. The van der Waals surface area contributed by atoms with Crippen LogP contribution in [0.4, 0.5) is 0 Å². The van der Waals surface area contributed by atoms with E-state index in [0.717, 1.165) is 42.8 Å². The molecule has 0 spiro atoms. The van der Waals surface area contributed by atoms with E-state index in [0.29, 0.717) is 5.92 Å². The Morgan fingerprint density at radius 1 is 0.880 bits per heavy atom. The zero-order valence-electron chi connectivity index (χ0n) is 36.7. The second kappa shape index (κ2) is 18.0. The molecule has 0 aliphatic heterocycles. The second-order valence-corrected chi connectivity index (χ2v) is 31.2. The quantitative estimate of drug-likeness (QED) is 0.111. The Labute approximate surface area is 317 Å². The van der Waals surface area contributed by atoms with Crippen LogP contribution in [-0.4, -0.2) is 39.6 Å². The number of aromatic nitrogens is 1. The highest BCUT2D eigenvalue weighted by Gasteiger charge is 2.50. The van der Waals surface area contributed by atoms with Gasteiger partial charge in [-0.2, -0.15) is 0 Å². The lowest BCUT2D eigenvalue weighted by molar-refractivity contribution is -0.141. The van der Waals surface area contributed by atoms with Gasteiger partial charge >= 0.3 is 0 Å². The van der Waals surface area contributed by atoms with Crippen LogP contribution in [0.5, 0.6) is 0 Å². The maximum Gasteiger partial charge on any atom is 0.192 e. The normalized spacial score (nSPS) is 17.8. The van der Waals surface area contributed by atoms with Gasteiger partial charge in [0.2, 0.25) is 0 Å². The minimum absolute atomic E-state index is 0.0384. The number of Topliss-reactive ketones (excluding diaryl/α,β-unsaturated/α-hetero) is 1. The topological polar surface area (TPSA) is 48.4 Å². The second-order valence-electron chi connectivity index (χ2n) is 20.6. The number of hydrogen-bond donors (Lipinski definition) is 0. The first kappa shape index (κ1) is 47.2. The molecule has 290 valence electrons. The Hall–Kier alpha value is -0.866. The van der Waals surface area contributed by atoms with Gasteiger partial charge in [-0.15, -0.1) is 11.3 Å². The third-order valence-electron chi connectivity index (χ3n) is 12.0. The Morgan fingerprint density at radius 3 is 1.86 bits per heavy atom. The molecule has 4 nitrogen and oxygen atoms in total. The minimum atomic E-state index is -2.15. The fourth-order valence-corrected chi connectivity index (χ4v) is 9.49. The van der Waals surface area contributed by atoms with E-state index in [2.05, 4.69) is 166 Å². The Bertz CT molecular complexity index is 1290. The molecular weight excluding hydrogens is 667 g/mol. The summed E-state index contributed by atoms with van der Waals surface area (Å²) in [5.74, 6) is 0.793. The van der Waals surface area contributed by atoms with E-state index in [-0.39, 0.29) is 45.3 Å². The van der Waals surface area contributed by atoms with E-state index in [1.54, 1.807) is 11.3 Å². The minimum Gasteiger partial charge on any atom is -0.413 e. The average Bonchev–Trinajstić information content (AvgIpc) is 3.35. The molecule has 5 unspecified atom stereocenters. The van der Waals surface area contributed by atoms with E-state index in [4.69, 9.17) is 8.85 Å². The van der Waals surface area contributed by atoms with Gasteiger partial charge in [0.25, 0.3) is 0 Å². The summed E-state index contributed by atoms with van der Waals surface area (Å²) in [5, 5.41) is 3.38. The predicted molar refractivity (Wildman–Crippen MR) is 227 cm³/mol. The van der Waals surface area contributed by atoms with Gasteiger partial charge in [-0.05, 0) is 112 Å². The fourth-order valence-electron chi connectivity index (χ4n) is 6.01. The summed E-state index contributed by atoms with van der Waals surface area (Å²) >= 11 is 1.71. The van der Waals surface area contributed by atoms with E-state index in [1.165, 1.54) is 11.1 Å². The molecule has 0 N–H and O–H groups in total. The van der Waals surface area contributed by atoms with Crippen molar-refractivity contribution in [2.24, 2.45) is 28.6 Å². The van der Waals surface area contributed by atoms with Crippen molar-refractivity contribution in [1.82, 2.24) is 4.98 Å². The van der Waals surface area contributed by atoms with Crippen LogP contribution in [0.15, 0.2) is 22.6 Å². The largest absolute Gasteiger partial charge is 0.413 e. The van der Waals surface area contributed by atoms with Crippen LogP contribution in [0.25, 0.3) is 6.08 Å². The zero-order valence-corrected chi connectivity index (χ0v) is 39.6. The van der Waals surface area contributed by atoms with Crippen LogP contribution in [0.2, 0.25) is 36.3 Å². The van der Waals surface area contributed by atoms with Crippen LogP contribution in [-0.2, 0) is 13.6 Å². The first-order valence-corrected chi connectivity index (χ1v) is 26.2. The number of carbonyl (C=O) groups is 1. The SMILES string of the molecule is C/C(=C/CC(C)/C(C)=C/c1csc(C)n1)CCCC(C)C(O[Si](C)(C)C(C)(C)C)C(C)C(=O)C(C)(C)C(CC(C)(C)C)O[Si](C)(C)C(C)(C)C. The molecule has 0 saturated carbocycles. The van der Waals surface area contributed by atoms with Crippen molar-refractivity contribution < 1.29 is 13.6 Å². The van der Waals surface area contributed by atoms with Crippen LogP contribution in [0.1, 0.15) is 154 Å². The standard InChI is InChI=1S/C43H81NO3SSi2/c1-30(25-26-31(2)33(4)27-36-29-48-35(6)44-36)23-22-24-32(3)38(47-50(20,21)42(13,14)15)34(5)39(45)43(16,17)37(28-40(7,8)9)46-49(18,19)41(10,11)12/h25,27,29,31-32,34,37-38H,22-24,26,28H2,1-21H3/b30-25-,33-27+. The third-order valence-corrected chi connectivity index (χ3v) is 21.8. The van der Waals surface area contributed by atoms with Crippen LogP contribution < -0.4 is 0 Å². The Kier molecular flexibility index (Phi) is 17.0. The van der Waals surface area contributed by atoms with Crippen molar-refractivity contribution in [3.63, 3.8) is 0 Å². The molecule has 0 bridgehead atoms. The van der Waals surface area contributed by atoms with Crippen molar-refractivity contribution >= 4 is 39.8 Å². The van der Waals surface area contributed by atoms with Gasteiger partial charge in [-0.25, -0.2) is 4.98 Å². The molecule has 1 aromatic heterocycles. The Balaban J connectivity index is 3.24. The summed E-state index contributed by atoms with van der Waals surface area (Å²) in [5.41, 5.74) is 3.29. The summed E-state index contributed by atoms with van der Waals surface area (Å²) in [7, 11) is -4.27. The first-order valence-electron chi connectivity index (χ1n) is 19.5. The lowest BCUT2D eigenvalue weighted by Crippen LogP contribution is -2.54. The summed E-state index contributed by atoms with van der Waals surface area (Å²) < 4.78 is 14.4. The predicted octanol–water partition coefficient (Wildman–Crippen LogP) is 14.1. The highest BCUT2D eigenvalue weighted by molar-refractivity contribution is 7.09. The van der Waals surface area contributed by atoms with Gasteiger partial charge in [0.1, 0.15) is 5.78 Å². The number of aryl methyl sites for hydroxylation is 1. The molecule has 7 heteroatoms. The summed E-state index contributed by atoms with van der Waals surface area (Å²) in [6, 6.07) is 0. The van der Waals surface area contributed by atoms with Gasteiger partial charge in [0, 0.05) is 16.7 Å². The lowest BCUT2D eigenvalue weighted by atomic mass is 9.70. The molecule has 0 aliphatic carbocycles. The Morgan fingerprint density at radius 2 is 1.40 bits per heavy atom. The van der Waals surface area contributed by atoms with Crippen molar-refractivity contribution in [3.05, 3.63) is 33.3 Å². The van der Waals surface area contributed by atoms with E-state index in [9.17, 15) is 4.79 Å². The van der Waals surface area contributed by atoms with Gasteiger partial charge < -0.3 is 8.85 Å². The molecule has 0 aliphatic rings. The summed E-state index contributed by atoms with van der Waals surface area (Å²) in [6.07, 6.45) is 9.46. The average molecular weight is 748 g/mol. The highest BCUT2D eigenvalue weighted by Crippen LogP contribution is 2.45. The number of rotatable bonds is 18. The smallest absolute Gasteiger partial charge is 0.192 e. The summed E-state index contributed by atoms with van der Waals surface area (Å²) in [6.45, 7) is 47.5. The monoisotopic (exact) mass is 748 g/mol. The van der Waals surface area contributed by atoms with Gasteiger partial charge in [0.15, 0.2) is 16.6 Å². The molecule has 0 fully saturated rings. The van der Waals surface area contributed by atoms with Crippen molar-refractivity contribution in [2.45, 2.75) is 198 Å². The lowest BCUT2D eigenvalue weighted by Gasteiger charge is -2.47. The molecule has 0 radical (unpaired) electrons. The van der Waals surface area contributed by atoms with Gasteiger partial charge in [-0.3, -0.25) is 4.79 Å². The van der Waals surface area contributed by atoms with Gasteiger partial charge in [-0.1, -0.05) is 114 Å². The van der Waals surface area contributed by atoms with Crippen LogP contribution in [0, 0.1) is 35.5 Å². The van der Waals surface area contributed by atoms with Crippen LogP contribution >= 0.6 is 11.3 Å². The molecular formula is C43H81NO3SSi2. The fraction of sp³-hybridized carbons (Fsp3) is 0.814. The number of hydrogen-bond acceptors (Lipinski definition) is 5. The van der Waals surface area contributed by atoms with Gasteiger partial charge in [0.05, 0.1) is 22.9 Å². The number of thiazole rings is 1. The van der Waals surface area contributed by atoms with E-state index < -0.39 is 22.0 Å². The van der Waals surface area contributed by atoms with Crippen molar-refractivity contribution in [3.8, 4) is 0 Å². The van der Waals surface area contributed by atoms with Crippen molar-refractivity contribution in [1.29, 1.82) is 0 Å². The number of nitrogens with zero attached hydrogens (tertiary/aromatic N) is 1. The highest BCUT2D eigenvalue weighted by atomic mass is 32.1. The summed E-state index contributed by atoms with van der Waals surface area (Å²) in [4.78, 5) is 19.5. The molecule has 1 rings (SSSR count). The molecule has 5 atom stereocenters. The first-order chi connectivity index (χ1) is 22.3. The maximum atomic E-state index is 14.9. The molecule has 0 saturated heterocycles. The van der Waals surface area contributed by atoms with Crippen molar-refractivity contribution in [2.75, 3.05) is 0 Å². The molecule has 0 amide bonds. The number of carbonyl (C=O) groups excluding carboxylic acids is 1. The van der Waals surface area contributed by atoms with E-state index in [1.807, 2.05) is 0 Å². The van der Waals surface area contributed by atoms with E-state index >= 15 is 0 Å². The molecule has 50 heavy (non-hydrogen) atoms. The number of allylic oxidation sites excluding steroid dienone is 3.